The van der Waals surface area contributed by atoms with Gasteiger partial charge in [-0.1, -0.05) is 29.8 Å². The van der Waals surface area contributed by atoms with Gasteiger partial charge in [0.15, 0.2) is 11.4 Å². The van der Waals surface area contributed by atoms with E-state index < -0.39 is 18.5 Å². The third-order valence-electron chi connectivity index (χ3n) is 3.42. The fourth-order valence-electron chi connectivity index (χ4n) is 2.15. The molecule has 3 aromatic rings. The molecular formula is C18H14ClN3O3S. The minimum absolute atomic E-state index is 0.331. The third-order valence-corrected chi connectivity index (χ3v) is 4.58. The maximum atomic E-state index is 12.0. The van der Waals surface area contributed by atoms with Crippen molar-refractivity contribution < 1.29 is 14.3 Å². The van der Waals surface area contributed by atoms with Crippen LogP contribution in [0.2, 0.25) is 5.02 Å². The summed E-state index contributed by atoms with van der Waals surface area (Å²) in [5, 5.41) is 2.47. The maximum Gasteiger partial charge on any atom is 0.338 e. The molecule has 8 heteroatoms. The van der Waals surface area contributed by atoms with Crippen molar-refractivity contribution in [1.82, 2.24) is 9.55 Å². The lowest BCUT2D eigenvalue weighted by Gasteiger charge is -2.05. The Hall–Kier alpha value is -2.77. The lowest BCUT2D eigenvalue weighted by atomic mass is 10.2. The number of ether oxygens (including phenoxy) is 1. The molecule has 0 bridgehead atoms. The SMILES string of the molecule is O=C(COC(=O)c1ccncc1)N=c1sccn1Cc1ccccc1Cl. The van der Waals surface area contributed by atoms with Gasteiger partial charge in [0.25, 0.3) is 5.91 Å². The van der Waals surface area contributed by atoms with Crippen molar-refractivity contribution >= 4 is 34.8 Å². The van der Waals surface area contributed by atoms with Crippen LogP contribution >= 0.6 is 22.9 Å². The van der Waals surface area contributed by atoms with Gasteiger partial charge in [-0.2, -0.15) is 4.99 Å². The number of pyridine rings is 1. The number of carbonyl (C=O) groups is 2. The zero-order valence-electron chi connectivity index (χ0n) is 13.5. The van der Waals surface area contributed by atoms with Crippen LogP contribution in [0.3, 0.4) is 0 Å². The molecular weight excluding hydrogens is 374 g/mol. The molecule has 0 fully saturated rings. The molecule has 0 aliphatic heterocycles. The highest BCUT2D eigenvalue weighted by molar-refractivity contribution is 7.07. The maximum absolute atomic E-state index is 12.0. The van der Waals surface area contributed by atoms with Gasteiger partial charge in [-0.05, 0) is 23.8 Å². The van der Waals surface area contributed by atoms with Crippen LogP contribution in [0.1, 0.15) is 15.9 Å². The molecule has 0 atom stereocenters. The molecule has 0 unspecified atom stereocenters. The van der Waals surface area contributed by atoms with E-state index in [2.05, 4.69) is 9.98 Å². The second-order valence-corrected chi connectivity index (χ2v) is 6.50. The van der Waals surface area contributed by atoms with E-state index in [0.717, 1.165) is 5.56 Å². The molecule has 0 radical (unpaired) electrons. The number of hydrogen-bond donors (Lipinski definition) is 0. The van der Waals surface area contributed by atoms with E-state index in [0.29, 0.717) is 21.9 Å². The minimum atomic E-state index is -0.592. The van der Waals surface area contributed by atoms with Crippen LogP contribution < -0.4 is 4.80 Å². The van der Waals surface area contributed by atoms with Gasteiger partial charge in [-0.3, -0.25) is 9.78 Å². The summed E-state index contributed by atoms with van der Waals surface area (Å²) in [6.07, 6.45) is 4.78. The van der Waals surface area contributed by atoms with Crippen molar-refractivity contribution in [3.8, 4) is 0 Å². The fourth-order valence-corrected chi connectivity index (χ4v) is 3.10. The Labute approximate surface area is 158 Å². The average molecular weight is 388 g/mol. The van der Waals surface area contributed by atoms with Crippen molar-refractivity contribution in [3.63, 3.8) is 0 Å². The van der Waals surface area contributed by atoms with Crippen molar-refractivity contribution in [3.05, 3.63) is 81.3 Å². The average Bonchev–Trinajstić information content (AvgIpc) is 3.09. The largest absolute Gasteiger partial charge is 0.452 e. The van der Waals surface area contributed by atoms with Gasteiger partial charge in [-0.25, -0.2) is 4.79 Å². The summed E-state index contributed by atoms with van der Waals surface area (Å²) in [5.74, 6) is -1.13. The van der Waals surface area contributed by atoms with Crippen LogP contribution in [-0.2, 0) is 16.1 Å². The van der Waals surface area contributed by atoms with Crippen LogP contribution in [0.4, 0.5) is 0 Å². The molecule has 0 saturated heterocycles. The Morgan fingerprint density at radius 2 is 1.96 bits per heavy atom. The molecule has 0 N–H and O–H groups in total. The summed E-state index contributed by atoms with van der Waals surface area (Å²) in [4.78, 5) is 32.2. The number of nitrogens with zero attached hydrogens (tertiary/aromatic N) is 3. The highest BCUT2D eigenvalue weighted by Crippen LogP contribution is 2.15. The van der Waals surface area contributed by atoms with Gasteiger partial charge < -0.3 is 9.30 Å². The Balaban J connectivity index is 1.67. The molecule has 6 nitrogen and oxygen atoms in total. The lowest BCUT2D eigenvalue weighted by Crippen LogP contribution is -2.20. The summed E-state index contributed by atoms with van der Waals surface area (Å²) < 4.78 is 6.79. The lowest BCUT2D eigenvalue weighted by molar-refractivity contribution is -0.121. The van der Waals surface area contributed by atoms with Crippen molar-refractivity contribution in [2.75, 3.05) is 6.61 Å². The van der Waals surface area contributed by atoms with Gasteiger partial charge in [0.05, 0.1) is 12.1 Å². The van der Waals surface area contributed by atoms with Crippen LogP contribution in [-0.4, -0.2) is 28.0 Å². The molecule has 0 aliphatic carbocycles. The standard InChI is InChI=1S/C18H14ClN3O3S/c19-15-4-2-1-3-14(15)11-22-9-10-26-18(22)21-16(23)12-25-17(24)13-5-7-20-8-6-13/h1-10H,11-12H2. The summed E-state index contributed by atoms with van der Waals surface area (Å²) in [7, 11) is 0. The molecule has 3 rings (SSSR count). The summed E-state index contributed by atoms with van der Waals surface area (Å²) in [6, 6.07) is 10.5. The van der Waals surface area contributed by atoms with Crippen LogP contribution in [0.15, 0.2) is 65.4 Å². The van der Waals surface area contributed by atoms with E-state index in [4.69, 9.17) is 16.3 Å². The smallest absolute Gasteiger partial charge is 0.338 e. The number of esters is 1. The first-order valence-corrected chi connectivity index (χ1v) is 8.91. The van der Waals surface area contributed by atoms with E-state index in [1.165, 1.54) is 35.9 Å². The Bertz CT molecular complexity index is 982. The van der Waals surface area contributed by atoms with Crippen LogP contribution in [0, 0.1) is 0 Å². The predicted molar refractivity (Wildman–Crippen MR) is 98.0 cm³/mol. The Morgan fingerprint density at radius 1 is 1.19 bits per heavy atom. The van der Waals surface area contributed by atoms with E-state index in [9.17, 15) is 9.59 Å². The number of carbonyl (C=O) groups excluding carboxylic acids is 2. The van der Waals surface area contributed by atoms with Crippen LogP contribution in [0.5, 0.6) is 0 Å². The number of hydrogen-bond acceptors (Lipinski definition) is 5. The van der Waals surface area contributed by atoms with Gasteiger partial charge in [0, 0.05) is 29.0 Å². The van der Waals surface area contributed by atoms with E-state index in [1.807, 2.05) is 40.4 Å². The molecule has 2 heterocycles. The highest BCUT2D eigenvalue weighted by atomic mass is 35.5. The minimum Gasteiger partial charge on any atom is -0.452 e. The molecule has 2 aromatic heterocycles. The first-order valence-electron chi connectivity index (χ1n) is 7.65. The molecule has 1 aromatic carbocycles. The first-order chi connectivity index (χ1) is 12.6. The summed E-state index contributed by atoms with van der Waals surface area (Å²) in [5.41, 5.74) is 1.25. The monoisotopic (exact) mass is 387 g/mol. The fraction of sp³-hybridized carbons (Fsp3) is 0.111. The molecule has 0 saturated carbocycles. The molecule has 1 amide bonds. The van der Waals surface area contributed by atoms with Gasteiger partial charge in [0.2, 0.25) is 0 Å². The number of amides is 1. The van der Waals surface area contributed by atoms with Crippen LogP contribution in [0.25, 0.3) is 0 Å². The first kappa shape index (κ1) is 18.0. The van der Waals surface area contributed by atoms with E-state index >= 15 is 0 Å². The number of halogens is 1. The van der Waals surface area contributed by atoms with E-state index in [1.54, 1.807) is 0 Å². The Kier molecular flexibility index (Phi) is 5.93. The molecule has 26 heavy (non-hydrogen) atoms. The number of benzene rings is 1. The zero-order chi connectivity index (χ0) is 18.4. The van der Waals surface area contributed by atoms with Gasteiger partial charge in [-0.15, -0.1) is 11.3 Å². The second kappa shape index (κ2) is 8.55. The number of thiazole rings is 1. The molecule has 132 valence electrons. The van der Waals surface area contributed by atoms with Crippen molar-refractivity contribution in [2.45, 2.75) is 6.54 Å². The topological polar surface area (TPSA) is 73.6 Å². The highest BCUT2D eigenvalue weighted by Gasteiger charge is 2.10. The van der Waals surface area contributed by atoms with Crippen molar-refractivity contribution in [1.29, 1.82) is 0 Å². The second-order valence-electron chi connectivity index (χ2n) is 5.22. The molecule has 0 aliphatic rings. The van der Waals surface area contributed by atoms with Gasteiger partial charge in [0.1, 0.15) is 0 Å². The Morgan fingerprint density at radius 3 is 2.73 bits per heavy atom. The van der Waals surface area contributed by atoms with Crippen molar-refractivity contribution in [2.24, 2.45) is 4.99 Å². The van der Waals surface area contributed by atoms with Gasteiger partial charge >= 0.3 is 5.97 Å². The third kappa shape index (κ3) is 4.65. The summed E-state index contributed by atoms with van der Waals surface area (Å²) in [6.45, 7) is 0.0667. The number of aromatic nitrogens is 2. The predicted octanol–water partition coefficient (Wildman–Crippen LogP) is 2.93. The van der Waals surface area contributed by atoms with E-state index in [-0.39, 0.29) is 0 Å². The molecule has 0 spiro atoms. The zero-order valence-corrected chi connectivity index (χ0v) is 15.1. The summed E-state index contributed by atoms with van der Waals surface area (Å²) >= 11 is 7.49. The quantitative estimate of drug-likeness (QED) is 0.631. The normalized spacial score (nSPS) is 11.3. The number of rotatable bonds is 5.